The third kappa shape index (κ3) is 1.20. The Kier molecular flexibility index (Phi) is 1.37. The minimum absolute atomic E-state index is 0.133. The molecular weight excluding hydrogens is 114 g/mol. The molecule has 0 aliphatic rings. The molecule has 9 heavy (non-hydrogen) atoms. The second-order valence-corrected chi connectivity index (χ2v) is 1.57. The van der Waals surface area contributed by atoms with Gasteiger partial charge in [-0.3, -0.25) is 0 Å². The average Bonchev–Trinajstić information content (AvgIpc) is 1.90. The van der Waals surface area contributed by atoms with Crippen LogP contribution >= 0.6 is 0 Å². The molecule has 0 aliphatic carbocycles. The van der Waals surface area contributed by atoms with E-state index in [0.29, 0.717) is 5.56 Å². The zero-order valence-electron chi connectivity index (χ0n) is 4.63. The van der Waals surface area contributed by atoms with Crippen molar-refractivity contribution in [3.8, 4) is 11.8 Å². The van der Waals surface area contributed by atoms with Gasteiger partial charge < -0.3 is 5.11 Å². The number of nitrogens with zero attached hydrogens (tertiary/aromatic N) is 1. The predicted octanol–water partition coefficient (Wildman–Crippen LogP) is 1.06. The largest absolute Gasteiger partial charge is 0.508 e. The summed E-state index contributed by atoms with van der Waals surface area (Å²) in [5.41, 5.74) is 0.438. The van der Waals surface area contributed by atoms with Crippen molar-refractivity contribution in [3.63, 3.8) is 0 Å². The minimum atomic E-state index is 0.133. The maximum absolute atomic E-state index is 8.71. The minimum Gasteiger partial charge on any atom is -0.508 e. The summed E-state index contributed by atoms with van der Waals surface area (Å²) >= 11 is 0. The van der Waals surface area contributed by atoms with Crippen LogP contribution in [0.2, 0.25) is 0 Å². The molecule has 0 bridgehead atoms. The Labute approximate surface area is 53.0 Å². The third-order valence-corrected chi connectivity index (χ3v) is 0.917. The summed E-state index contributed by atoms with van der Waals surface area (Å²) < 4.78 is 0. The lowest BCUT2D eigenvalue weighted by molar-refractivity contribution is 0.475. The second-order valence-electron chi connectivity index (χ2n) is 1.57. The maximum atomic E-state index is 8.71. The van der Waals surface area contributed by atoms with E-state index in [9.17, 15) is 0 Å². The molecule has 0 heterocycles. The first-order chi connectivity index (χ1) is 4.33. The van der Waals surface area contributed by atoms with Gasteiger partial charge in [0.25, 0.3) is 0 Å². The van der Waals surface area contributed by atoms with Crippen LogP contribution in [0.4, 0.5) is 0 Å². The zero-order chi connectivity index (χ0) is 6.69. The highest BCUT2D eigenvalue weighted by Gasteiger charge is 1.87. The van der Waals surface area contributed by atoms with Crippen molar-refractivity contribution in [2.24, 2.45) is 0 Å². The Morgan fingerprint density at radius 2 is 2.33 bits per heavy atom. The van der Waals surface area contributed by atoms with Crippen LogP contribution in [0.25, 0.3) is 0 Å². The van der Waals surface area contributed by atoms with E-state index in [1.54, 1.807) is 0 Å². The van der Waals surface area contributed by atoms with Crippen LogP contribution in [0.5, 0.6) is 5.75 Å². The summed E-state index contributed by atoms with van der Waals surface area (Å²) in [5, 5.41) is 17.0. The van der Waals surface area contributed by atoms with Gasteiger partial charge in [0.05, 0.1) is 11.6 Å². The van der Waals surface area contributed by atoms with Gasteiger partial charge in [0.15, 0.2) is 0 Å². The van der Waals surface area contributed by atoms with Crippen molar-refractivity contribution >= 4 is 0 Å². The summed E-state index contributed by atoms with van der Waals surface area (Å²) in [6.07, 6.45) is 0. The fourth-order valence-corrected chi connectivity index (χ4v) is 0.486. The first kappa shape index (κ1) is 5.64. The van der Waals surface area contributed by atoms with Crippen molar-refractivity contribution in [2.75, 3.05) is 0 Å². The fraction of sp³-hybridized carbons (Fsp3) is 0. The fourth-order valence-electron chi connectivity index (χ4n) is 0.486. The predicted molar refractivity (Wildman–Crippen MR) is 31.7 cm³/mol. The van der Waals surface area contributed by atoms with Gasteiger partial charge in [0.1, 0.15) is 5.75 Å². The SMILES string of the molecule is N#Cc1[c]cc(O)cc1. The van der Waals surface area contributed by atoms with E-state index in [2.05, 4.69) is 6.07 Å². The van der Waals surface area contributed by atoms with E-state index in [-0.39, 0.29) is 5.75 Å². The number of hydrogen-bond donors (Lipinski definition) is 1. The molecule has 1 aromatic carbocycles. The van der Waals surface area contributed by atoms with Crippen LogP contribution < -0.4 is 0 Å². The summed E-state index contributed by atoms with van der Waals surface area (Å²) in [5.74, 6) is 0.133. The van der Waals surface area contributed by atoms with Gasteiger partial charge in [-0.1, -0.05) is 0 Å². The Hall–Kier alpha value is -1.49. The van der Waals surface area contributed by atoms with Gasteiger partial charge >= 0.3 is 0 Å². The lowest BCUT2D eigenvalue weighted by atomic mass is 10.2. The van der Waals surface area contributed by atoms with Gasteiger partial charge in [-0.05, 0) is 18.2 Å². The van der Waals surface area contributed by atoms with E-state index in [0.717, 1.165) is 0 Å². The molecule has 0 atom stereocenters. The van der Waals surface area contributed by atoms with Crippen LogP contribution in [0, 0.1) is 17.4 Å². The van der Waals surface area contributed by atoms with E-state index < -0.39 is 0 Å². The topological polar surface area (TPSA) is 44.0 Å². The number of hydrogen-bond acceptors (Lipinski definition) is 2. The molecular formula is C7H4NO. The molecule has 2 heteroatoms. The van der Waals surface area contributed by atoms with Gasteiger partial charge in [-0.25, -0.2) is 0 Å². The first-order valence-electron chi connectivity index (χ1n) is 2.44. The van der Waals surface area contributed by atoms with E-state index in [1.807, 2.05) is 6.07 Å². The highest BCUT2D eigenvalue weighted by Crippen LogP contribution is 2.06. The van der Waals surface area contributed by atoms with Crippen LogP contribution in [0.15, 0.2) is 18.2 Å². The quantitative estimate of drug-likeness (QED) is 0.553. The van der Waals surface area contributed by atoms with Gasteiger partial charge in [0, 0.05) is 6.07 Å². The number of nitriles is 1. The molecule has 1 N–H and O–H groups in total. The molecule has 0 fully saturated rings. The van der Waals surface area contributed by atoms with Gasteiger partial charge in [0.2, 0.25) is 0 Å². The number of benzene rings is 1. The summed E-state index contributed by atoms with van der Waals surface area (Å²) in [6.45, 7) is 0. The van der Waals surface area contributed by atoms with Crippen LogP contribution in [-0.4, -0.2) is 5.11 Å². The van der Waals surface area contributed by atoms with Crippen LogP contribution in [0.1, 0.15) is 5.56 Å². The summed E-state index contributed by atoms with van der Waals surface area (Å²) in [7, 11) is 0. The molecule has 0 aliphatic heterocycles. The Bertz CT molecular complexity index is 232. The van der Waals surface area contributed by atoms with Crippen LogP contribution in [-0.2, 0) is 0 Å². The number of aromatic hydroxyl groups is 1. The standard InChI is InChI=1S/C7H4NO/c8-5-6-1-3-7(9)4-2-6/h1,3-4,9H. The Morgan fingerprint density at radius 1 is 1.56 bits per heavy atom. The van der Waals surface area contributed by atoms with E-state index in [1.165, 1.54) is 18.2 Å². The molecule has 0 amide bonds. The van der Waals surface area contributed by atoms with Crippen molar-refractivity contribution in [2.45, 2.75) is 0 Å². The Morgan fingerprint density at radius 3 is 2.78 bits per heavy atom. The molecule has 2 nitrogen and oxygen atoms in total. The molecule has 1 rings (SSSR count). The lowest BCUT2D eigenvalue weighted by Crippen LogP contribution is -1.70. The number of rotatable bonds is 0. The van der Waals surface area contributed by atoms with Crippen molar-refractivity contribution in [1.82, 2.24) is 0 Å². The highest BCUT2D eigenvalue weighted by molar-refractivity contribution is 5.32. The van der Waals surface area contributed by atoms with E-state index >= 15 is 0 Å². The average molecular weight is 118 g/mol. The van der Waals surface area contributed by atoms with Crippen molar-refractivity contribution in [3.05, 3.63) is 29.8 Å². The zero-order valence-corrected chi connectivity index (χ0v) is 4.63. The highest BCUT2D eigenvalue weighted by atomic mass is 16.3. The van der Waals surface area contributed by atoms with E-state index in [4.69, 9.17) is 10.4 Å². The van der Waals surface area contributed by atoms with Crippen LogP contribution in [0.3, 0.4) is 0 Å². The number of phenols is 1. The first-order valence-corrected chi connectivity index (χ1v) is 2.44. The molecule has 0 saturated carbocycles. The Balaban J connectivity index is 3.06. The van der Waals surface area contributed by atoms with Crippen molar-refractivity contribution < 1.29 is 5.11 Å². The van der Waals surface area contributed by atoms with Gasteiger partial charge in [-0.2, -0.15) is 5.26 Å². The third-order valence-electron chi connectivity index (χ3n) is 0.917. The smallest absolute Gasteiger partial charge is 0.116 e. The molecule has 0 saturated heterocycles. The van der Waals surface area contributed by atoms with Gasteiger partial charge in [-0.15, -0.1) is 0 Å². The maximum Gasteiger partial charge on any atom is 0.116 e. The normalized spacial score (nSPS) is 8.33. The molecule has 0 aromatic heterocycles. The van der Waals surface area contributed by atoms with Crippen molar-refractivity contribution in [1.29, 1.82) is 5.26 Å². The molecule has 1 aromatic rings. The molecule has 0 unspecified atom stereocenters. The summed E-state index contributed by atoms with van der Waals surface area (Å²) in [6, 6.07) is 8.79. The lowest BCUT2D eigenvalue weighted by Gasteiger charge is -1.86. The monoisotopic (exact) mass is 118 g/mol. The molecule has 43 valence electrons. The molecule has 1 radical (unpaired) electrons. The summed E-state index contributed by atoms with van der Waals surface area (Å²) in [4.78, 5) is 0. The second kappa shape index (κ2) is 2.19. The molecule has 0 spiro atoms. The number of phenolic OH excluding ortho intramolecular Hbond substituents is 1.